The summed E-state index contributed by atoms with van der Waals surface area (Å²) in [5.74, 6) is -7.97. The van der Waals surface area contributed by atoms with Gasteiger partial charge in [0.1, 0.15) is 11.5 Å². The summed E-state index contributed by atoms with van der Waals surface area (Å²) < 4.78 is 0. The molecule has 2 N–H and O–H groups in total. The third-order valence-electron chi connectivity index (χ3n) is 6.81. The number of rotatable bonds is 2. The molecule has 0 atom stereocenters. The third kappa shape index (κ3) is 2.91. The summed E-state index contributed by atoms with van der Waals surface area (Å²) in [7, 11) is 0. The standard InChI is InChI=1S/C30H14O8/c31-23-13-7-1-2-8-14(13)24(32)20(22-26(34)16-10-4-6-12-18(16)28(36)30(22)38)19(23)21-25(33)15-9-3-5-11-17(15)27(35)29(21)37/h1-12,33-34H. The molecule has 8 nitrogen and oxygen atoms in total. The molecule has 0 heterocycles. The van der Waals surface area contributed by atoms with Crippen molar-refractivity contribution in [2.75, 3.05) is 0 Å². The zero-order valence-corrected chi connectivity index (χ0v) is 19.3. The van der Waals surface area contributed by atoms with Gasteiger partial charge in [0.05, 0.1) is 11.1 Å². The molecule has 3 aliphatic rings. The monoisotopic (exact) mass is 502 g/mol. The van der Waals surface area contributed by atoms with Gasteiger partial charge >= 0.3 is 0 Å². The van der Waals surface area contributed by atoms with Crippen molar-refractivity contribution in [1.29, 1.82) is 0 Å². The molecule has 0 aromatic heterocycles. The van der Waals surface area contributed by atoms with Crippen molar-refractivity contribution in [3.8, 4) is 0 Å². The number of allylic oxidation sites excluding steroid dienone is 4. The fourth-order valence-electron chi connectivity index (χ4n) is 5.05. The molecule has 0 unspecified atom stereocenters. The van der Waals surface area contributed by atoms with Crippen molar-refractivity contribution in [1.82, 2.24) is 0 Å². The van der Waals surface area contributed by atoms with Gasteiger partial charge in [-0.2, -0.15) is 0 Å². The fourth-order valence-corrected chi connectivity index (χ4v) is 5.05. The number of carbonyl (C=O) groups excluding carboxylic acids is 6. The van der Waals surface area contributed by atoms with E-state index < -0.39 is 68.5 Å². The summed E-state index contributed by atoms with van der Waals surface area (Å²) in [5.41, 5.74) is -3.60. The molecule has 0 aliphatic heterocycles. The number of aliphatic hydroxyl groups excluding tert-OH is 2. The van der Waals surface area contributed by atoms with Crippen molar-refractivity contribution >= 4 is 46.2 Å². The summed E-state index contributed by atoms with van der Waals surface area (Å²) in [5, 5.41) is 22.3. The van der Waals surface area contributed by atoms with Gasteiger partial charge in [0.15, 0.2) is 11.6 Å². The number of hydrogen-bond acceptors (Lipinski definition) is 8. The Balaban J connectivity index is 1.77. The Morgan fingerprint density at radius 3 is 0.895 bits per heavy atom. The summed E-state index contributed by atoms with van der Waals surface area (Å²) >= 11 is 0. The zero-order chi connectivity index (χ0) is 26.9. The first-order valence-electron chi connectivity index (χ1n) is 11.4. The first-order chi connectivity index (χ1) is 18.2. The Hall–Kier alpha value is -5.50. The van der Waals surface area contributed by atoms with E-state index in [1.165, 1.54) is 72.8 Å². The molecule has 3 aliphatic carbocycles. The van der Waals surface area contributed by atoms with Crippen LogP contribution in [0, 0.1) is 0 Å². The quantitative estimate of drug-likeness (QED) is 0.504. The average molecular weight is 502 g/mol. The second-order valence-electron chi connectivity index (χ2n) is 8.81. The molecule has 0 bridgehead atoms. The highest BCUT2D eigenvalue weighted by molar-refractivity contribution is 6.57. The summed E-state index contributed by atoms with van der Waals surface area (Å²) in [6, 6.07) is 17.0. The lowest BCUT2D eigenvalue weighted by atomic mass is 9.72. The second kappa shape index (κ2) is 8.01. The Morgan fingerprint density at radius 1 is 0.316 bits per heavy atom. The van der Waals surface area contributed by atoms with Crippen LogP contribution in [0.3, 0.4) is 0 Å². The van der Waals surface area contributed by atoms with Crippen LogP contribution in [0.5, 0.6) is 0 Å². The van der Waals surface area contributed by atoms with Gasteiger partial charge in [-0.05, 0) is 0 Å². The number of ketones is 6. The van der Waals surface area contributed by atoms with Gasteiger partial charge in [-0.25, -0.2) is 0 Å². The van der Waals surface area contributed by atoms with Crippen LogP contribution in [0.25, 0.3) is 11.5 Å². The molecule has 0 saturated heterocycles. The molecule has 8 heteroatoms. The Bertz CT molecular complexity index is 1700. The lowest BCUT2D eigenvalue weighted by molar-refractivity contribution is -0.112. The zero-order valence-electron chi connectivity index (χ0n) is 19.3. The fraction of sp³-hybridized carbons (Fsp3) is 0. The normalized spacial score (nSPS) is 17.2. The number of benzene rings is 3. The van der Waals surface area contributed by atoms with E-state index in [-0.39, 0.29) is 33.4 Å². The van der Waals surface area contributed by atoms with Crippen molar-refractivity contribution in [3.05, 3.63) is 128 Å². The molecule has 0 saturated carbocycles. The predicted molar refractivity (Wildman–Crippen MR) is 133 cm³/mol. The van der Waals surface area contributed by atoms with Crippen LogP contribution in [-0.4, -0.2) is 44.9 Å². The topological polar surface area (TPSA) is 143 Å². The van der Waals surface area contributed by atoms with Crippen molar-refractivity contribution < 1.29 is 39.0 Å². The van der Waals surface area contributed by atoms with Gasteiger partial charge in [0.25, 0.3) is 0 Å². The van der Waals surface area contributed by atoms with E-state index >= 15 is 0 Å². The summed E-state index contributed by atoms with van der Waals surface area (Å²) in [6.45, 7) is 0. The van der Waals surface area contributed by atoms with Gasteiger partial charge in [0, 0.05) is 44.5 Å². The summed E-state index contributed by atoms with van der Waals surface area (Å²) in [6.07, 6.45) is 0. The highest BCUT2D eigenvalue weighted by atomic mass is 16.3. The maximum absolute atomic E-state index is 13.8. The molecular weight excluding hydrogens is 488 g/mol. The molecule has 182 valence electrons. The molecule has 3 aromatic rings. The predicted octanol–water partition coefficient (Wildman–Crippen LogP) is 3.83. The van der Waals surface area contributed by atoms with Crippen molar-refractivity contribution in [2.45, 2.75) is 0 Å². The number of aliphatic hydroxyl groups is 2. The number of carbonyl (C=O) groups is 6. The highest BCUT2D eigenvalue weighted by Crippen LogP contribution is 2.42. The van der Waals surface area contributed by atoms with E-state index in [2.05, 4.69) is 0 Å². The number of fused-ring (bicyclic) bond motifs is 3. The van der Waals surface area contributed by atoms with Crippen LogP contribution < -0.4 is 0 Å². The average Bonchev–Trinajstić information content (AvgIpc) is 2.94. The maximum atomic E-state index is 13.8. The van der Waals surface area contributed by atoms with Gasteiger partial charge in [0.2, 0.25) is 23.1 Å². The maximum Gasteiger partial charge on any atom is 0.238 e. The lowest BCUT2D eigenvalue weighted by Crippen LogP contribution is -2.34. The number of Topliss-reactive ketones (excluding diaryl/α,β-unsaturated/α-hetero) is 6. The number of hydrogen-bond donors (Lipinski definition) is 2. The first kappa shape index (κ1) is 22.9. The van der Waals surface area contributed by atoms with E-state index in [1.54, 1.807) is 0 Å². The molecule has 3 aromatic carbocycles. The van der Waals surface area contributed by atoms with Crippen LogP contribution in [0.2, 0.25) is 0 Å². The van der Waals surface area contributed by atoms with Crippen LogP contribution in [0.15, 0.2) is 95.1 Å². The first-order valence-corrected chi connectivity index (χ1v) is 11.4. The van der Waals surface area contributed by atoms with E-state index in [0.29, 0.717) is 0 Å². The van der Waals surface area contributed by atoms with Gasteiger partial charge in [-0.3, -0.25) is 28.8 Å². The molecule has 38 heavy (non-hydrogen) atoms. The summed E-state index contributed by atoms with van der Waals surface area (Å²) in [4.78, 5) is 80.3. The molecule has 0 radical (unpaired) electrons. The molecule has 0 amide bonds. The second-order valence-corrected chi connectivity index (χ2v) is 8.81. The minimum absolute atomic E-state index is 0.0485. The SMILES string of the molecule is O=C1C(=O)c2ccccc2C(O)=C1C1=C(C2=C(O)c3ccccc3C(=O)C2=O)C(=O)c2ccccc2C1=O. The van der Waals surface area contributed by atoms with E-state index in [4.69, 9.17) is 0 Å². The molecular formula is C30H14O8. The van der Waals surface area contributed by atoms with Gasteiger partial charge < -0.3 is 10.2 Å². The van der Waals surface area contributed by atoms with Crippen LogP contribution in [-0.2, 0) is 9.59 Å². The van der Waals surface area contributed by atoms with Crippen LogP contribution in [0.4, 0.5) is 0 Å². The third-order valence-corrected chi connectivity index (χ3v) is 6.81. The van der Waals surface area contributed by atoms with Crippen LogP contribution >= 0.6 is 0 Å². The Kier molecular flexibility index (Phi) is 4.83. The van der Waals surface area contributed by atoms with Gasteiger partial charge in [-0.1, -0.05) is 72.8 Å². The lowest BCUT2D eigenvalue weighted by Gasteiger charge is -2.27. The van der Waals surface area contributed by atoms with E-state index in [9.17, 15) is 39.0 Å². The molecule has 6 rings (SSSR count). The van der Waals surface area contributed by atoms with Gasteiger partial charge in [-0.15, -0.1) is 0 Å². The smallest absolute Gasteiger partial charge is 0.238 e. The van der Waals surface area contributed by atoms with E-state index in [1.807, 2.05) is 0 Å². The minimum Gasteiger partial charge on any atom is -0.506 e. The molecule has 0 fully saturated rings. The minimum atomic E-state index is -1.27. The highest BCUT2D eigenvalue weighted by Gasteiger charge is 2.46. The van der Waals surface area contributed by atoms with Crippen molar-refractivity contribution in [2.24, 2.45) is 0 Å². The van der Waals surface area contributed by atoms with Crippen LogP contribution in [0.1, 0.15) is 52.6 Å². The Morgan fingerprint density at radius 2 is 0.579 bits per heavy atom. The van der Waals surface area contributed by atoms with E-state index in [0.717, 1.165) is 0 Å². The van der Waals surface area contributed by atoms with Crippen molar-refractivity contribution in [3.63, 3.8) is 0 Å². The Labute approximate surface area is 213 Å². The molecule has 0 spiro atoms. The largest absolute Gasteiger partial charge is 0.506 e.